The number of sulfonamides is 1. The molecule has 0 saturated carbocycles. The molecular formula is C14H23N3O3S. The number of para-hydroxylation sites is 1. The van der Waals surface area contributed by atoms with E-state index in [1.54, 1.807) is 45.0 Å². The zero-order valence-electron chi connectivity index (χ0n) is 12.6. The van der Waals surface area contributed by atoms with E-state index in [1.165, 1.54) is 0 Å². The Morgan fingerprint density at radius 1 is 1.29 bits per heavy atom. The van der Waals surface area contributed by atoms with Crippen LogP contribution >= 0.6 is 0 Å². The molecular weight excluding hydrogens is 290 g/mol. The van der Waals surface area contributed by atoms with E-state index < -0.39 is 15.6 Å². The quantitative estimate of drug-likeness (QED) is 0.706. The monoisotopic (exact) mass is 313 g/mol. The molecule has 1 rings (SSSR count). The topological polar surface area (TPSA) is 101 Å². The highest BCUT2D eigenvalue weighted by atomic mass is 32.2. The fourth-order valence-corrected chi connectivity index (χ4v) is 2.81. The average Bonchev–Trinajstić information content (AvgIpc) is 2.35. The molecule has 118 valence electrons. The number of rotatable bonds is 7. The van der Waals surface area contributed by atoms with Crippen molar-refractivity contribution in [3.63, 3.8) is 0 Å². The van der Waals surface area contributed by atoms with E-state index in [4.69, 9.17) is 5.73 Å². The van der Waals surface area contributed by atoms with Crippen molar-refractivity contribution in [2.75, 3.05) is 17.0 Å². The predicted molar refractivity (Wildman–Crippen MR) is 84.7 cm³/mol. The van der Waals surface area contributed by atoms with Crippen molar-refractivity contribution in [1.82, 2.24) is 5.32 Å². The maximum absolute atomic E-state index is 12.2. The van der Waals surface area contributed by atoms with Crippen LogP contribution in [0.3, 0.4) is 0 Å². The van der Waals surface area contributed by atoms with Crippen molar-refractivity contribution < 1.29 is 13.2 Å². The van der Waals surface area contributed by atoms with Gasteiger partial charge in [0, 0.05) is 12.1 Å². The lowest BCUT2D eigenvalue weighted by Crippen LogP contribution is -2.45. The summed E-state index contributed by atoms with van der Waals surface area (Å²) in [5.74, 6) is -0.345. The Hall–Kier alpha value is -1.60. The van der Waals surface area contributed by atoms with Crippen molar-refractivity contribution in [1.29, 1.82) is 0 Å². The molecule has 0 aliphatic heterocycles. The zero-order chi connectivity index (χ0) is 16.1. The van der Waals surface area contributed by atoms with E-state index >= 15 is 0 Å². The lowest BCUT2D eigenvalue weighted by molar-refractivity contribution is 0.0947. The van der Waals surface area contributed by atoms with Crippen molar-refractivity contribution in [2.45, 2.75) is 32.7 Å². The van der Waals surface area contributed by atoms with Gasteiger partial charge in [0.1, 0.15) is 0 Å². The van der Waals surface area contributed by atoms with Crippen LogP contribution in [0, 0.1) is 0 Å². The molecule has 0 bridgehead atoms. The number of hydrogen-bond donors (Lipinski definition) is 3. The van der Waals surface area contributed by atoms with Gasteiger partial charge in [0.25, 0.3) is 5.91 Å². The first kappa shape index (κ1) is 17.5. The average molecular weight is 313 g/mol. The first-order valence-electron chi connectivity index (χ1n) is 6.81. The first-order valence-corrected chi connectivity index (χ1v) is 8.46. The Morgan fingerprint density at radius 2 is 1.90 bits per heavy atom. The van der Waals surface area contributed by atoms with Gasteiger partial charge in [0.05, 0.1) is 17.0 Å². The second kappa shape index (κ2) is 6.91. The van der Waals surface area contributed by atoms with Gasteiger partial charge in [0.15, 0.2) is 0 Å². The fourth-order valence-electron chi connectivity index (χ4n) is 1.66. The number of carbonyl (C=O) groups is 1. The lowest BCUT2D eigenvalue weighted by Gasteiger charge is -2.19. The summed E-state index contributed by atoms with van der Waals surface area (Å²) in [6.07, 6.45) is 0.505. The van der Waals surface area contributed by atoms with Crippen LogP contribution in [0.1, 0.15) is 37.6 Å². The van der Waals surface area contributed by atoms with E-state index in [0.717, 1.165) is 0 Å². The SMILES string of the molecule is CCCS(=O)(=O)Nc1ccccc1C(=O)NCC(C)(C)N. The number of hydrogen-bond acceptors (Lipinski definition) is 4. The number of benzene rings is 1. The maximum Gasteiger partial charge on any atom is 0.253 e. The highest BCUT2D eigenvalue weighted by Gasteiger charge is 2.18. The van der Waals surface area contributed by atoms with Crippen LogP contribution in [0.2, 0.25) is 0 Å². The van der Waals surface area contributed by atoms with Gasteiger partial charge >= 0.3 is 0 Å². The second-order valence-electron chi connectivity index (χ2n) is 5.64. The molecule has 1 aromatic rings. The normalized spacial score (nSPS) is 12.0. The summed E-state index contributed by atoms with van der Waals surface area (Å²) in [7, 11) is -3.44. The van der Waals surface area contributed by atoms with Crippen LogP contribution in [-0.2, 0) is 10.0 Å². The minimum absolute atomic E-state index is 0.0127. The van der Waals surface area contributed by atoms with Crippen LogP contribution < -0.4 is 15.8 Å². The van der Waals surface area contributed by atoms with Crippen molar-refractivity contribution in [2.24, 2.45) is 5.73 Å². The second-order valence-corrected chi connectivity index (χ2v) is 7.48. The van der Waals surface area contributed by atoms with Gasteiger partial charge in [-0.15, -0.1) is 0 Å². The fraction of sp³-hybridized carbons (Fsp3) is 0.500. The summed E-state index contributed by atoms with van der Waals surface area (Å²) in [6, 6.07) is 6.49. The minimum Gasteiger partial charge on any atom is -0.350 e. The third kappa shape index (κ3) is 6.14. The van der Waals surface area contributed by atoms with E-state index in [9.17, 15) is 13.2 Å². The zero-order valence-corrected chi connectivity index (χ0v) is 13.5. The number of carbonyl (C=O) groups excluding carboxylic acids is 1. The van der Waals surface area contributed by atoms with Crippen molar-refractivity contribution in [3.8, 4) is 0 Å². The molecule has 6 nitrogen and oxygen atoms in total. The smallest absolute Gasteiger partial charge is 0.253 e. The van der Waals surface area contributed by atoms with Gasteiger partial charge in [0.2, 0.25) is 10.0 Å². The highest BCUT2D eigenvalue weighted by molar-refractivity contribution is 7.92. The molecule has 4 N–H and O–H groups in total. The van der Waals surface area contributed by atoms with E-state index in [0.29, 0.717) is 13.0 Å². The molecule has 1 aromatic carbocycles. The van der Waals surface area contributed by atoms with Gasteiger partial charge in [-0.2, -0.15) is 0 Å². The van der Waals surface area contributed by atoms with E-state index in [1.807, 2.05) is 0 Å². The summed E-state index contributed by atoms with van der Waals surface area (Å²) < 4.78 is 26.1. The van der Waals surface area contributed by atoms with Gasteiger partial charge in [-0.05, 0) is 32.4 Å². The number of nitrogens with two attached hydrogens (primary N) is 1. The minimum atomic E-state index is -3.44. The van der Waals surface area contributed by atoms with Crippen molar-refractivity contribution >= 4 is 21.6 Å². The molecule has 0 fully saturated rings. The Labute approximate surface area is 126 Å². The Morgan fingerprint density at radius 3 is 2.48 bits per heavy atom. The third-order valence-corrected chi connectivity index (χ3v) is 4.09. The van der Waals surface area contributed by atoms with E-state index in [2.05, 4.69) is 10.0 Å². The summed E-state index contributed by atoms with van der Waals surface area (Å²) >= 11 is 0. The van der Waals surface area contributed by atoms with Crippen molar-refractivity contribution in [3.05, 3.63) is 29.8 Å². The summed E-state index contributed by atoms with van der Waals surface area (Å²) in [5.41, 5.74) is 5.83. The van der Waals surface area contributed by atoms with Crippen LogP contribution in [0.25, 0.3) is 0 Å². The van der Waals surface area contributed by atoms with Crippen LogP contribution in [0.4, 0.5) is 5.69 Å². The van der Waals surface area contributed by atoms with Crippen LogP contribution in [0.5, 0.6) is 0 Å². The molecule has 1 amide bonds. The molecule has 0 heterocycles. The molecule has 7 heteroatoms. The predicted octanol–water partition coefficient (Wildman–Crippen LogP) is 1.31. The Kier molecular flexibility index (Phi) is 5.74. The molecule has 0 aromatic heterocycles. The molecule has 0 atom stereocenters. The summed E-state index contributed by atoms with van der Waals surface area (Å²) in [4.78, 5) is 12.2. The largest absolute Gasteiger partial charge is 0.350 e. The van der Waals surface area contributed by atoms with Gasteiger partial charge < -0.3 is 11.1 Å². The number of nitrogens with one attached hydrogen (secondary N) is 2. The molecule has 0 aliphatic rings. The van der Waals surface area contributed by atoms with Gasteiger partial charge in [-0.25, -0.2) is 8.42 Å². The van der Waals surface area contributed by atoms with Crippen LogP contribution in [0.15, 0.2) is 24.3 Å². The van der Waals surface area contributed by atoms with Gasteiger partial charge in [-0.3, -0.25) is 9.52 Å². The molecule has 0 aliphatic carbocycles. The lowest BCUT2D eigenvalue weighted by atomic mass is 10.1. The first-order chi connectivity index (χ1) is 9.64. The van der Waals surface area contributed by atoms with Crippen LogP contribution in [-0.4, -0.2) is 32.2 Å². The standard InChI is InChI=1S/C14H23N3O3S/c1-4-9-21(19,20)17-12-8-6-5-7-11(12)13(18)16-10-14(2,3)15/h5-8,17H,4,9-10,15H2,1-3H3,(H,16,18). The number of anilines is 1. The Bertz CT molecular complexity index is 592. The highest BCUT2D eigenvalue weighted by Crippen LogP contribution is 2.17. The molecule has 0 unspecified atom stereocenters. The molecule has 0 saturated heterocycles. The van der Waals surface area contributed by atoms with Gasteiger partial charge in [-0.1, -0.05) is 19.1 Å². The molecule has 0 spiro atoms. The molecule has 0 radical (unpaired) electrons. The third-order valence-electron chi connectivity index (χ3n) is 2.61. The van der Waals surface area contributed by atoms with E-state index in [-0.39, 0.29) is 22.9 Å². The summed E-state index contributed by atoms with van der Waals surface area (Å²) in [5, 5.41) is 2.70. The maximum atomic E-state index is 12.2. The Balaban J connectivity index is 2.92. The number of amides is 1. The molecule has 21 heavy (non-hydrogen) atoms. The summed E-state index contributed by atoms with van der Waals surface area (Å²) in [6.45, 7) is 5.66.